The summed E-state index contributed by atoms with van der Waals surface area (Å²) in [4.78, 5) is 59.7. The molecule has 0 spiro atoms. The number of aromatic nitrogens is 3. The smallest absolute Gasteiger partial charge is 0.251 e. The molecule has 2 fully saturated rings. The van der Waals surface area contributed by atoms with Crippen LogP contribution in [0.3, 0.4) is 0 Å². The summed E-state index contributed by atoms with van der Waals surface area (Å²) >= 11 is 3.40. The van der Waals surface area contributed by atoms with Gasteiger partial charge < -0.3 is 15.0 Å². The molecule has 2 amide bonds. The second-order valence-electron chi connectivity index (χ2n) is 12.2. The molecule has 1 aromatic carbocycles. The number of hydrogen-bond acceptors (Lipinski definition) is 7. The molecule has 0 unspecified atom stereocenters. The molecule has 2 aromatic heterocycles. The zero-order valence-electron chi connectivity index (χ0n) is 25.0. The minimum Gasteiger partial charge on any atom is -0.377 e. The highest BCUT2D eigenvalue weighted by Crippen LogP contribution is 2.60. The maximum Gasteiger partial charge on any atom is 0.251 e. The number of aryl methyl sites for hydroxylation is 1. The number of nitrogens with one attached hydrogen (secondary N) is 1. The number of fused-ring (bicyclic) bond motifs is 1. The number of allylic oxidation sites excluding steroid dienone is 1. The first kappa shape index (κ1) is 30.3. The topological polar surface area (TPSA) is 123 Å². The molecule has 4 bridgehead atoms. The molecular weight excluding hydrogens is 626 g/mol. The number of ether oxygens (including phenoxy) is 1. The molecule has 44 heavy (non-hydrogen) atoms. The van der Waals surface area contributed by atoms with E-state index in [4.69, 9.17) is 4.74 Å². The van der Waals surface area contributed by atoms with Gasteiger partial charge in [0.1, 0.15) is 16.8 Å². The van der Waals surface area contributed by atoms with Crippen molar-refractivity contribution < 1.29 is 23.9 Å². The van der Waals surface area contributed by atoms with Crippen LogP contribution in [0, 0.1) is 12.3 Å². The van der Waals surface area contributed by atoms with Gasteiger partial charge in [-0.1, -0.05) is 18.2 Å². The molecule has 3 aromatic rings. The molecule has 1 saturated heterocycles. The van der Waals surface area contributed by atoms with Crippen molar-refractivity contribution in [1.82, 2.24) is 25.0 Å². The Morgan fingerprint density at radius 3 is 2.80 bits per heavy atom. The number of carbonyl (C=O) groups is 4. The summed E-state index contributed by atoms with van der Waals surface area (Å²) in [7, 11) is 0. The van der Waals surface area contributed by atoms with E-state index >= 15 is 0 Å². The number of amides is 2. The van der Waals surface area contributed by atoms with E-state index in [0.717, 1.165) is 31.2 Å². The van der Waals surface area contributed by atoms with Gasteiger partial charge in [0.15, 0.2) is 11.6 Å². The minimum atomic E-state index is -0.620. The Bertz CT molecular complexity index is 1680. The number of ketones is 2. The average Bonchev–Trinajstić information content (AvgIpc) is 3.41. The van der Waals surface area contributed by atoms with E-state index in [1.54, 1.807) is 23.1 Å². The largest absolute Gasteiger partial charge is 0.377 e. The molecule has 1 saturated carbocycles. The molecule has 3 aliphatic rings. The van der Waals surface area contributed by atoms with E-state index in [0.29, 0.717) is 52.9 Å². The van der Waals surface area contributed by atoms with Crippen LogP contribution in [0.2, 0.25) is 0 Å². The van der Waals surface area contributed by atoms with Gasteiger partial charge in [-0.05, 0) is 84.8 Å². The van der Waals surface area contributed by atoms with Gasteiger partial charge in [-0.2, -0.15) is 5.10 Å². The number of pyridine rings is 1. The van der Waals surface area contributed by atoms with Gasteiger partial charge in [0, 0.05) is 35.9 Å². The van der Waals surface area contributed by atoms with Crippen LogP contribution in [0.15, 0.2) is 47.1 Å². The van der Waals surface area contributed by atoms with Gasteiger partial charge in [-0.3, -0.25) is 23.9 Å². The Kier molecular flexibility index (Phi) is 8.52. The van der Waals surface area contributed by atoms with Crippen LogP contribution in [0.5, 0.6) is 0 Å². The monoisotopic (exact) mass is 661 g/mol. The van der Waals surface area contributed by atoms with E-state index in [9.17, 15) is 19.2 Å². The van der Waals surface area contributed by atoms with Crippen molar-refractivity contribution in [3.05, 3.63) is 69.6 Å². The first-order valence-electron chi connectivity index (χ1n) is 15.2. The molecule has 230 valence electrons. The fourth-order valence-corrected chi connectivity index (χ4v) is 6.94. The number of nitrogens with zero attached hydrogens (tertiary/aromatic N) is 4. The van der Waals surface area contributed by atoms with Crippen LogP contribution in [0.25, 0.3) is 10.9 Å². The van der Waals surface area contributed by atoms with Gasteiger partial charge in [0.05, 0.1) is 36.9 Å². The van der Waals surface area contributed by atoms with Gasteiger partial charge >= 0.3 is 0 Å². The number of halogens is 1. The summed E-state index contributed by atoms with van der Waals surface area (Å²) in [5, 5.41) is 8.05. The Morgan fingerprint density at radius 1 is 1.14 bits per heavy atom. The summed E-state index contributed by atoms with van der Waals surface area (Å²) in [6.45, 7) is 4.67. The number of carbonyl (C=O) groups excluding carboxylic acids is 4. The van der Waals surface area contributed by atoms with E-state index in [2.05, 4.69) is 37.4 Å². The van der Waals surface area contributed by atoms with E-state index in [1.165, 1.54) is 11.6 Å². The zero-order valence-corrected chi connectivity index (χ0v) is 26.6. The third kappa shape index (κ3) is 5.99. The number of Topliss-reactive ketones (excluding diaryl/α,β-unsaturated/α-hetero) is 2. The second kappa shape index (κ2) is 12.4. The Labute approximate surface area is 264 Å². The summed E-state index contributed by atoms with van der Waals surface area (Å²) in [6, 6.07) is 8.09. The van der Waals surface area contributed by atoms with Crippen LogP contribution in [0.4, 0.5) is 0 Å². The molecule has 10 nitrogen and oxygen atoms in total. The lowest BCUT2D eigenvalue weighted by Crippen LogP contribution is -2.45. The normalized spacial score (nSPS) is 24.3. The summed E-state index contributed by atoms with van der Waals surface area (Å²) in [6.07, 6.45) is 8.17. The van der Waals surface area contributed by atoms with E-state index in [-0.39, 0.29) is 53.5 Å². The van der Waals surface area contributed by atoms with Crippen LogP contribution >= 0.6 is 15.9 Å². The third-order valence-corrected chi connectivity index (χ3v) is 9.51. The van der Waals surface area contributed by atoms with Gasteiger partial charge in [0.25, 0.3) is 5.91 Å². The van der Waals surface area contributed by atoms with Crippen LogP contribution in [-0.4, -0.2) is 74.9 Å². The lowest BCUT2D eigenvalue weighted by atomic mass is 9.95. The predicted octanol–water partition coefficient (Wildman–Crippen LogP) is 4.36. The Hall–Kier alpha value is -3.70. The molecule has 4 heterocycles. The fourth-order valence-electron chi connectivity index (χ4n) is 6.59. The fraction of sp³-hybridized carbons (Fsp3) is 0.455. The minimum absolute atomic E-state index is 0.0642. The first-order valence-corrected chi connectivity index (χ1v) is 15.9. The summed E-state index contributed by atoms with van der Waals surface area (Å²) in [5.74, 6) is -0.777. The highest BCUT2D eigenvalue weighted by atomic mass is 79.9. The number of piperidine rings is 1. The molecule has 6 rings (SSSR count). The second-order valence-corrected chi connectivity index (χ2v) is 13.0. The Morgan fingerprint density at radius 2 is 1.98 bits per heavy atom. The SMILES string of the molecule is CC(=O)c1nn2c3cc(ccc13)C(=O)NCCCCC=CCOC[C@@]13C[C@@H](C(=O)Cc4nc(Br)ccc4C)N(C(=O)C2)[C@@H]1C3. The van der Waals surface area contributed by atoms with Crippen molar-refractivity contribution >= 4 is 50.2 Å². The zero-order chi connectivity index (χ0) is 31.0. The van der Waals surface area contributed by atoms with Gasteiger partial charge in [-0.15, -0.1) is 0 Å². The quantitative estimate of drug-likeness (QED) is 0.250. The van der Waals surface area contributed by atoms with Crippen LogP contribution < -0.4 is 5.32 Å². The molecule has 3 atom stereocenters. The number of benzene rings is 1. The van der Waals surface area contributed by atoms with Crippen LogP contribution in [-0.2, 0) is 27.3 Å². The maximum atomic E-state index is 14.1. The standard InChI is InChI=1S/C33H36BrN5O5/c1-20-8-11-29(34)36-24(20)15-27(41)26-16-33-17-28(33)39(26)30(42)18-38-25-14-22(9-10-23(25)31(37-38)21(2)40)32(43)35-12-6-4-3-5-7-13-44-19-33/h5,7-11,14,26,28H,3-4,6,12-13,15-19H2,1-2H3,(H,35,43)/t26-,28+,33-/m0/s1. The highest BCUT2D eigenvalue weighted by molar-refractivity contribution is 9.10. The molecule has 1 N–H and O–H groups in total. The van der Waals surface area contributed by atoms with Crippen molar-refractivity contribution in [1.29, 1.82) is 0 Å². The molecule has 11 heteroatoms. The lowest BCUT2D eigenvalue weighted by Gasteiger charge is -2.27. The molecule has 0 radical (unpaired) electrons. The van der Waals surface area contributed by atoms with Crippen molar-refractivity contribution in [2.24, 2.45) is 5.41 Å². The molecular formula is C33H36BrN5O5. The van der Waals surface area contributed by atoms with Crippen molar-refractivity contribution in [2.75, 3.05) is 19.8 Å². The van der Waals surface area contributed by atoms with Crippen LogP contribution in [0.1, 0.15) is 71.1 Å². The van der Waals surface area contributed by atoms with Crippen molar-refractivity contribution in [3.8, 4) is 0 Å². The van der Waals surface area contributed by atoms with Gasteiger partial charge in [0.2, 0.25) is 5.91 Å². The lowest BCUT2D eigenvalue weighted by molar-refractivity contribution is -0.139. The van der Waals surface area contributed by atoms with Crippen molar-refractivity contribution in [3.63, 3.8) is 0 Å². The van der Waals surface area contributed by atoms with Crippen molar-refractivity contribution in [2.45, 2.75) is 71.0 Å². The van der Waals surface area contributed by atoms with E-state index in [1.807, 2.05) is 25.1 Å². The Balaban J connectivity index is 1.34. The first-order chi connectivity index (χ1) is 21.2. The average molecular weight is 663 g/mol. The van der Waals surface area contributed by atoms with Gasteiger partial charge in [-0.25, -0.2) is 4.98 Å². The molecule has 2 aliphatic heterocycles. The third-order valence-electron chi connectivity index (χ3n) is 9.07. The van der Waals surface area contributed by atoms with E-state index < -0.39 is 6.04 Å². The number of rotatable bonds is 4. The molecule has 1 aliphatic carbocycles. The maximum absolute atomic E-state index is 14.1. The highest BCUT2D eigenvalue weighted by Gasteiger charge is 2.67. The number of hydrogen-bond donors (Lipinski definition) is 1. The summed E-state index contributed by atoms with van der Waals surface area (Å²) in [5.41, 5.74) is 2.52. The predicted molar refractivity (Wildman–Crippen MR) is 167 cm³/mol. The summed E-state index contributed by atoms with van der Waals surface area (Å²) < 4.78 is 8.21.